The zero-order chi connectivity index (χ0) is 35.1. The van der Waals surface area contributed by atoms with Gasteiger partial charge in [-0.15, -0.1) is 0 Å². The van der Waals surface area contributed by atoms with Crippen LogP contribution in [-0.4, -0.2) is 85.4 Å². The zero-order valence-corrected chi connectivity index (χ0v) is 28.9. The highest BCUT2D eigenvalue weighted by atomic mass is 127. The molecule has 2 amide bonds. The number of halogens is 1. The van der Waals surface area contributed by atoms with E-state index < -0.39 is 35.7 Å². The fourth-order valence-electron chi connectivity index (χ4n) is 5.77. The van der Waals surface area contributed by atoms with Gasteiger partial charge in [0.2, 0.25) is 5.91 Å². The van der Waals surface area contributed by atoms with E-state index in [0.29, 0.717) is 32.1 Å². The van der Waals surface area contributed by atoms with Gasteiger partial charge in [0.25, 0.3) is 5.91 Å². The van der Waals surface area contributed by atoms with Crippen molar-refractivity contribution in [1.82, 2.24) is 10.2 Å². The predicted octanol–water partition coefficient (Wildman–Crippen LogP) is 3.53. The summed E-state index contributed by atoms with van der Waals surface area (Å²) >= 11 is 1.98. The van der Waals surface area contributed by atoms with Crippen LogP contribution in [-0.2, 0) is 11.2 Å². The van der Waals surface area contributed by atoms with E-state index in [9.17, 15) is 29.4 Å². The van der Waals surface area contributed by atoms with Crippen LogP contribution < -0.4 is 25.2 Å². The van der Waals surface area contributed by atoms with E-state index in [1.807, 2.05) is 40.8 Å². The number of benzene rings is 3. The molecule has 4 aromatic rings. The summed E-state index contributed by atoms with van der Waals surface area (Å²) in [5, 5.41) is 24.5. The molecule has 0 radical (unpaired) electrons. The highest BCUT2D eigenvalue weighted by molar-refractivity contribution is 14.1. The van der Waals surface area contributed by atoms with Crippen molar-refractivity contribution in [2.24, 2.45) is 0 Å². The van der Waals surface area contributed by atoms with Gasteiger partial charge in [-0.1, -0.05) is 36.4 Å². The van der Waals surface area contributed by atoms with Crippen LogP contribution in [0.15, 0.2) is 87.6 Å². The first-order valence-electron chi connectivity index (χ1n) is 15.4. The van der Waals surface area contributed by atoms with Crippen molar-refractivity contribution >= 4 is 51.7 Å². The van der Waals surface area contributed by atoms with Crippen LogP contribution in [0.4, 0.5) is 0 Å². The van der Waals surface area contributed by atoms with E-state index in [1.54, 1.807) is 36.4 Å². The van der Waals surface area contributed by atoms with Crippen LogP contribution in [0.3, 0.4) is 0 Å². The lowest BCUT2D eigenvalue weighted by Crippen LogP contribution is -2.56. The molecule has 0 saturated carbocycles. The van der Waals surface area contributed by atoms with Crippen LogP contribution in [0.25, 0.3) is 11.0 Å². The number of fused-ring (bicyclic) bond motifs is 1. The molecule has 3 aromatic carbocycles. The Morgan fingerprint density at radius 1 is 1.06 bits per heavy atom. The van der Waals surface area contributed by atoms with E-state index in [1.165, 1.54) is 37.3 Å². The van der Waals surface area contributed by atoms with Crippen LogP contribution in [0.2, 0.25) is 0 Å². The molecule has 12 nitrogen and oxygen atoms in total. The summed E-state index contributed by atoms with van der Waals surface area (Å²) in [4.78, 5) is 53.8. The maximum absolute atomic E-state index is 14.4. The molecule has 1 aromatic heterocycles. The third-order valence-electron chi connectivity index (χ3n) is 8.20. The molecule has 5 rings (SSSR count). The molecule has 256 valence electrons. The highest BCUT2D eigenvalue weighted by Crippen LogP contribution is 2.37. The first-order valence-corrected chi connectivity index (χ1v) is 16.5. The monoisotopic (exact) mass is 782 g/mol. The molecular formula is C36H35IN2O10. The Kier molecular flexibility index (Phi) is 11.7. The number of carbonyl (C=O) groups excluding carboxylic acids is 3. The molecule has 0 bridgehead atoms. The van der Waals surface area contributed by atoms with Crippen LogP contribution in [0, 0.1) is 3.57 Å². The molecule has 0 spiro atoms. The average Bonchev–Trinajstić information content (AvgIpc) is 3.12. The topological polar surface area (TPSA) is 165 Å². The molecule has 0 fully saturated rings. The van der Waals surface area contributed by atoms with Gasteiger partial charge in [0.1, 0.15) is 35.4 Å². The molecule has 1 aliphatic rings. The second kappa shape index (κ2) is 16.1. The molecular weight excluding hydrogens is 747 g/mol. The van der Waals surface area contributed by atoms with Gasteiger partial charge in [-0.25, -0.2) is 4.79 Å². The normalized spacial score (nSPS) is 17.2. The molecule has 0 aliphatic heterocycles. The maximum Gasteiger partial charge on any atom is 0.349 e. The van der Waals surface area contributed by atoms with Gasteiger partial charge in [0.15, 0.2) is 11.5 Å². The molecule has 1 aliphatic carbocycles. The van der Waals surface area contributed by atoms with Gasteiger partial charge in [-0.2, -0.15) is 0 Å². The van der Waals surface area contributed by atoms with Gasteiger partial charge in [0.05, 0.1) is 30.4 Å². The standard InChI is InChI=1S/C36H35IN2O10/c1-46-28-9-5-3-7-22(28)11-13-39(35(44)25-17-23-8-4-6-10-29(23)49-36(25)45)27-18-24(34(43)38-12-14-40)19-30(32(27)42)48-33-26(37)15-21(20-41)16-31(33)47-2/h3-10,15-17,19-20,27,30,32,40,42H,11-14,18H2,1-2H3,(H,38,43). The van der Waals surface area contributed by atoms with Crippen molar-refractivity contribution < 1.29 is 43.2 Å². The van der Waals surface area contributed by atoms with E-state index in [4.69, 9.17) is 18.6 Å². The molecule has 1 heterocycles. The number of methoxy groups -OCH3 is 2. The molecule has 3 N–H and O–H groups in total. The van der Waals surface area contributed by atoms with Gasteiger partial charge in [-0.3, -0.25) is 14.4 Å². The van der Waals surface area contributed by atoms with Crippen LogP contribution in [0.5, 0.6) is 17.2 Å². The van der Waals surface area contributed by atoms with E-state index in [-0.39, 0.29) is 55.2 Å². The molecule has 3 unspecified atom stereocenters. The van der Waals surface area contributed by atoms with Crippen molar-refractivity contribution in [1.29, 1.82) is 0 Å². The lowest BCUT2D eigenvalue weighted by molar-refractivity contribution is -0.118. The number of rotatable bonds is 13. The SMILES string of the molecule is COc1ccccc1CCN(C(=O)c1cc2ccccc2oc1=O)C1CC(C(=O)NCCO)=CC(Oc2c(I)cc(C=O)cc2OC)C1O. The van der Waals surface area contributed by atoms with Gasteiger partial charge in [0, 0.05) is 36.0 Å². The summed E-state index contributed by atoms with van der Waals surface area (Å²) < 4.78 is 23.3. The first kappa shape index (κ1) is 35.6. The molecule has 0 saturated heterocycles. The summed E-state index contributed by atoms with van der Waals surface area (Å²) in [7, 11) is 2.94. The van der Waals surface area contributed by atoms with Crippen LogP contribution >= 0.6 is 22.6 Å². The second-order valence-corrected chi connectivity index (χ2v) is 12.4. The summed E-state index contributed by atoms with van der Waals surface area (Å²) in [6.45, 7) is -0.312. The average molecular weight is 783 g/mol. The summed E-state index contributed by atoms with van der Waals surface area (Å²) in [5.41, 5.74) is 0.522. The summed E-state index contributed by atoms with van der Waals surface area (Å²) in [5.74, 6) is -0.209. The number of nitrogens with zero attached hydrogens (tertiary/aromatic N) is 1. The van der Waals surface area contributed by atoms with Crippen LogP contribution in [0.1, 0.15) is 32.7 Å². The number of ether oxygens (including phenoxy) is 3. The minimum atomic E-state index is -1.41. The predicted molar refractivity (Wildman–Crippen MR) is 188 cm³/mol. The Hall–Kier alpha value is -4.73. The number of carbonyl (C=O) groups is 3. The first-order chi connectivity index (χ1) is 23.7. The number of nitrogens with one attached hydrogen (secondary N) is 1. The van der Waals surface area contributed by atoms with Crippen molar-refractivity contribution in [3.63, 3.8) is 0 Å². The Morgan fingerprint density at radius 2 is 1.80 bits per heavy atom. The number of aliphatic hydroxyl groups is 2. The Balaban J connectivity index is 1.59. The number of para-hydroxylation sites is 2. The van der Waals surface area contributed by atoms with Crippen molar-refractivity contribution in [2.45, 2.75) is 31.1 Å². The molecule has 3 atom stereocenters. The Bertz CT molecular complexity index is 1940. The van der Waals surface area contributed by atoms with E-state index >= 15 is 0 Å². The highest BCUT2D eigenvalue weighted by Gasteiger charge is 2.41. The number of hydrogen-bond acceptors (Lipinski definition) is 10. The van der Waals surface area contributed by atoms with Crippen molar-refractivity contribution in [3.8, 4) is 17.2 Å². The number of hydrogen-bond donors (Lipinski definition) is 3. The van der Waals surface area contributed by atoms with Crippen molar-refractivity contribution in [3.05, 3.63) is 109 Å². The van der Waals surface area contributed by atoms with Crippen molar-refractivity contribution in [2.75, 3.05) is 33.9 Å². The smallest absolute Gasteiger partial charge is 0.349 e. The number of aldehydes is 1. The van der Waals surface area contributed by atoms with Gasteiger partial charge < -0.3 is 39.1 Å². The largest absolute Gasteiger partial charge is 0.496 e. The minimum Gasteiger partial charge on any atom is -0.496 e. The number of aliphatic hydroxyl groups excluding tert-OH is 2. The second-order valence-electron chi connectivity index (χ2n) is 11.2. The third-order valence-corrected chi connectivity index (χ3v) is 9.01. The lowest BCUT2D eigenvalue weighted by atomic mass is 9.87. The Morgan fingerprint density at radius 3 is 2.53 bits per heavy atom. The summed E-state index contributed by atoms with van der Waals surface area (Å²) in [6.07, 6.45) is -0.296. The minimum absolute atomic E-state index is 0.0142. The van der Waals surface area contributed by atoms with E-state index in [0.717, 1.165) is 5.56 Å². The lowest BCUT2D eigenvalue weighted by Gasteiger charge is -2.40. The van der Waals surface area contributed by atoms with E-state index in [2.05, 4.69) is 5.32 Å². The maximum atomic E-state index is 14.4. The Labute approximate surface area is 295 Å². The quantitative estimate of drug-likeness (QED) is 0.104. The summed E-state index contributed by atoms with van der Waals surface area (Å²) in [6, 6.07) is 17.5. The third kappa shape index (κ3) is 7.95. The van der Waals surface area contributed by atoms with Gasteiger partial charge in [-0.05, 0) is 71.0 Å². The fraction of sp³-hybridized carbons (Fsp3) is 0.278. The fourth-order valence-corrected chi connectivity index (χ4v) is 6.52. The molecule has 49 heavy (non-hydrogen) atoms. The number of amides is 2. The molecule has 13 heteroatoms. The van der Waals surface area contributed by atoms with Gasteiger partial charge >= 0.3 is 5.63 Å². The zero-order valence-electron chi connectivity index (χ0n) is 26.8.